The Morgan fingerprint density at radius 3 is 2.45 bits per heavy atom. The molecule has 3 rings (SSSR count). The Labute approximate surface area is 135 Å². The van der Waals surface area contributed by atoms with Gasteiger partial charge in [0.1, 0.15) is 0 Å². The fraction of sp³-hybridized carbons (Fsp3) is 0.286. The molecular weight excluding hydrogens is 385 g/mol. The number of halogens is 1. The van der Waals surface area contributed by atoms with Gasteiger partial charge in [0.2, 0.25) is 0 Å². The van der Waals surface area contributed by atoms with Gasteiger partial charge in [-0.3, -0.25) is 4.79 Å². The van der Waals surface area contributed by atoms with Crippen molar-refractivity contribution in [2.75, 3.05) is 31.1 Å². The number of hydrogen-bond acceptors (Lipinski definition) is 4. The molecule has 0 saturated carbocycles. The summed E-state index contributed by atoms with van der Waals surface area (Å²) in [6, 6.07) is 7.74. The van der Waals surface area contributed by atoms with E-state index >= 15 is 0 Å². The van der Waals surface area contributed by atoms with Gasteiger partial charge >= 0.3 is 0 Å². The van der Waals surface area contributed by atoms with Gasteiger partial charge in [-0.15, -0.1) is 11.3 Å². The molecule has 1 aromatic heterocycles. The molecule has 2 heterocycles. The number of nitrogens with zero attached hydrogens (tertiary/aromatic N) is 3. The molecule has 1 aliphatic heterocycles. The highest BCUT2D eigenvalue weighted by molar-refractivity contribution is 14.1. The molecule has 0 bridgehead atoms. The molecule has 0 atom stereocenters. The fourth-order valence-corrected chi connectivity index (χ4v) is 3.30. The molecule has 0 N–H and O–H groups in total. The number of amides is 1. The van der Waals surface area contributed by atoms with E-state index in [1.807, 2.05) is 40.7 Å². The van der Waals surface area contributed by atoms with Gasteiger partial charge in [0, 0.05) is 46.9 Å². The highest BCUT2D eigenvalue weighted by Crippen LogP contribution is 2.19. The summed E-state index contributed by atoms with van der Waals surface area (Å²) in [6.45, 7) is 3.21. The van der Waals surface area contributed by atoms with Gasteiger partial charge in [-0.1, -0.05) is 0 Å². The number of rotatable bonds is 2. The predicted molar refractivity (Wildman–Crippen MR) is 89.4 cm³/mol. The first-order valence-corrected chi connectivity index (χ1v) is 8.39. The zero-order valence-electron chi connectivity index (χ0n) is 10.8. The van der Waals surface area contributed by atoms with Gasteiger partial charge in [-0.05, 0) is 46.9 Å². The molecule has 1 fully saturated rings. The lowest BCUT2D eigenvalue weighted by Crippen LogP contribution is -2.48. The number of piperazine rings is 1. The van der Waals surface area contributed by atoms with Gasteiger partial charge in [0.25, 0.3) is 5.91 Å². The zero-order valence-corrected chi connectivity index (χ0v) is 13.8. The first kappa shape index (κ1) is 13.8. The predicted octanol–water partition coefficient (Wildman–Crippen LogP) is 2.71. The lowest BCUT2D eigenvalue weighted by atomic mass is 10.2. The van der Waals surface area contributed by atoms with E-state index in [1.54, 1.807) is 11.3 Å². The summed E-state index contributed by atoms with van der Waals surface area (Å²) >= 11 is 3.89. The van der Waals surface area contributed by atoms with Crippen LogP contribution in [-0.4, -0.2) is 42.0 Å². The summed E-state index contributed by atoms with van der Waals surface area (Å²) in [5, 5.41) is 3.03. The number of aromatic nitrogens is 1. The second kappa shape index (κ2) is 6.09. The topological polar surface area (TPSA) is 36.4 Å². The van der Waals surface area contributed by atoms with Crippen LogP contribution in [0.15, 0.2) is 35.8 Å². The van der Waals surface area contributed by atoms with Crippen molar-refractivity contribution in [3.8, 4) is 0 Å². The average Bonchev–Trinajstić information content (AvgIpc) is 3.02. The molecule has 1 amide bonds. The van der Waals surface area contributed by atoms with Crippen LogP contribution < -0.4 is 4.90 Å². The van der Waals surface area contributed by atoms with Crippen LogP contribution in [0.25, 0.3) is 0 Å². The molecule has 104 valence electrons. The van der Waals surface area contributed by atoms with E-state index < -0.39 is 0 Å². The van der Waals surface area contributed by atoms with Crippen molar-refractivity contribution >= 4 is 45.0 Å². The van der Waals surface area contributed by atoms with Crippen molar-refractivity contribution in [2.24, 2.45) is 0 Å². The van der Waals surface area contributed by atoms with Gasteiger partial charge < -0.3 is 9.80 Å². The summed E-state index contributed by atoms with van der Waals surface area (Å²) in [6.07, 6.45) is 1.82. The third kappa shape index (κ3) is 2.95. The van der Waals surface area contributed by atoms with Crippen LogP contribution in [0.2, 0.25) is 0 Å². The lowest BCUT2D eigenvalue weighted by Gasteiger charge is -2.34. The average molecular weight is 399 g/mol. The molecule has 0 aliphatic carbocycles. The van der Waals surface area contributed by atoms with Gasteiger partial charge in [-0.2, -0.15) is 0 Å². The van der Waals surface area contributed by atoms with Crippen LogP contribution in [0.3, 0.4) is 0 Å². The van der Waals surface area contributed by atoms with E-state index in [4.69, 9.17) is 0 Å². The standard InChI is InChI=1S/C14H14IN3OS/c15-12-3-1-11(2-4-12)13(19)17-6-8-18(9-7-17)14-16-5-10-20-14/h1-5,10H,6-9H2. The zero-order chi connectivity index (χ0) is 13.9. The van der Waals surface area contributed by atoms with Crippen molar-refractivity contribution in [2.45, 2.75) is 0 Å². The maximum absolute atomic E-state index is 12.4. The maximum atomic E-state index is 12.4. The van der Waals surface area contributed by atoms with Crippen LogP contribution >= 0.6 is 33.9 Å². The number of carbonyl (C=O) groups is 1. The van der Waals surface area contributed by atoms with Crippen LogP contribution in [0, 0.1) is 3.57 Å². The Hall–Kier alpha value is -1.15. The van der Waals surface area contributed by atoms with Crippen molar-refractivity contribution in [1.82, 2.24) is 9.88 Å². The summed E-state index contributed by atoms with van der Waals surface area (Å²) in [7, 11) is 0. The van der Waals surface area contributed by atoms with Gasteiger partial charge in [0.05, 0.1) is 0 Å². The Bertz CT molecular complexity index is 577. The van der Waals surface area contributed by atoms with Crippen molar-refractivity contribution in [3.63, 3.8) is 0 Å². The number of carbonyl (C=O) groups excluding carboxylic acids is 1. The molecule has 0 radical (unpaired) electrons. The van der Waals surface area contributed by atoms with Crippen molar-refractivity contribution in [3.05, 3.63) is 45.0 Å². The van der Waals surface area contributed by atoms with E-state index in [-0.39, 0.29) is 5.91 Å². The minimum atomic E-state index is 0.125. The molecule has 0 spiro atoms. The summed E-state index contributed by atoms with van der Waals surface area (Å²) in [4.78, 5) is 20.9. The molecule has 1 saturated heterocycles. The Kier molecular flexibility index (Phi) is 4.21. The van der Waals surface area contributed by atoms with Crippen molar-refractivity contribution < 1.29 is 4.79 Å². The monoisotopic (exact) mass is 399 g/mol. The molecule has 1 aliphatic rings. The Morgan fingerprint density at radius 2 is 1.85 bits per heavy atom. The number of thiazole rings is 1. The van der Waals surface area contributed by atoms with Crippen LogP contribution in [0.5, 0.6) is 0 Å². The van der Waals surface area contributed by atoms with E-state index in [1.165, 1.54) is 0 Å². The van der Waals surface area contributed by atoms with E-state index in [9.17, 15) is 4.79 Å². The number of anilines is 1. The van der Waals surface area contributed by atoms with Crippen LogP contribution in [0.4, 0.5) is 5.13 Å². The normalized spacial score (nSPS) is 15.4. The van der Waals surface area contributed by atoms with E-state index in [0.29, 0.717) is 0 Å². The smallest absolute Gasteiger partial charge is 0.253 e. The fourth-order valence-electron chi connectivity index (χ4n) is 2.25. The second-order valence-electron chi connectivity index (χ2n) is 4.60. The SMILES string of the molecule is O=C(c1ccc(I)cc1)N1CCN(c2nccs2)CC1. The first-order chi connectivity index (χ1) is 9.74. The number of benzene rings is 1. The highest BCUT2D eigenvalue weighted by Gasteiger charge is 2.23. The minimum absolute atomic E-state index is 0.125. The molecule has 4 nitrogen and oxygen atoms in total. The lowest BCUT2D eigenvalue weighted by molar-refractivity contribution is 0.0747. The summed E-state index contributed by atoms with van der Waals surface area (Å²) in [5.41, 5.74) is 0.771. The molecule has 2 aromatic rings. The second-order valence-corrected chi connectivity index (χ2v) is 6.72. The summed E-state index contributed by atoms with van der Waals surface area (Å²) in [5.74, 6) is 0.125. The third-order valence-corrected chi connectivity index (χ3v) is 4.90. The minimum Gasteiger partial charge on any atom is -0.345 e. The molecule has 1 aromatic carbocycles. The quantitative estimate of drug-likeness (QED) is 0.729. The molecular formula is C14H14IN3OS. The summed E-state index contributed by atoms with van der Waals surface area (Å²) < 4.78 is 1.15. The van der Waals surface area contributed by atoms with Gasteiger partial charge in [0.15, 0.2) is 5.13 Å². The van der Waals surface area contributed by atoms with Crippen LogP contribution in [0.1, 0.15) is 10.4 Å². The maximum Gasteiger partial charge on any atom is 0.253 e. The molecule has 0 unspecified atom stereocenters. The van der Waals surface area contributed by atoms with Crippen molar-refractivity contribution in [1.29, 1.82) is 0 Å². The number of hydrogen-bond donors (Lipinski definition) is 0. The van der Waals surface area contributed by atoms with Gasteiger partial charge in [-0.25, -0.2) is 4.98 Å². The largest absolute Gasteiger partial charge is 0.345 e. The Balaban J connectivity index is 1.63. The molecule has 6 heteroatoms. The Morgan fingerprint density at radius 1 is 1.15 bits per heavy atom. The van der Waals surface area contributed by atoms with Crippen LogP contribution in [-0.2, 0) is 0 Å². The third-order valence-electron chi connectivity index (χ3n) is 3.35. The van der Waals surface area contributed by atoms with E-state index in [2.05, 4.69) is 32.5 Å². The molecule has 20 heavy (non-hydrogen) atoms. The van der Waals surface area contributed by atoms with E-state index in [0.717, 1.165) is 40.4 Å². The first-order valence-electron chi connectivity index (χ1n) is 6.43. The highest BCUT2D eigenvalue weighted by atomic mass is 127.